The second-order valence-corrected chi connectivity index (χ2v) is 5.28. The third-order valence-corrected chi connectivity index (χ3v) is 3.89. The summed E-state index contributed by atoms with van der Waals surface area (Å²) in [6.07, 6.45) is 0. The number of hydrogen-bond acceptors (Lipinski definition) is 5. The Bertz CT molecular complexity index is 618. The van der Waals surface area contributed by atoms with E-state index in [0.29, 0.717) is 30.3 Å². The Morgan fingerprint density at radius 1 is 1.32 bits per heavy atom. The van der Waals surface area contributed by atoms with Gasteiger partial charge in [0, 0.05) is 6.61 Å². The molecule has 3 amide bonds. The van der Waals surface area contributed by atoms with E-state index in [2.05, 4.69) is 5.32 Å². The molecule has 3 rings (SSSR count). The highest BCUT2D eigenvalue weighted by atomic mass is 16.7. The van der Waals surface area contributed by atoms with Gasteiger partial charge < -0.3 is 19.5 Å². The van der Waals surface area contributed by atoms with Gasteiger partial charge in [0.15, 0.2) is 11.5 Å². The molecule has 0 saturated carbocycles. The lowest BCUT2D eigenvalue weighted by Gasteiger charge is -2.22. The highest BCUT2D eigenvalue weighted by Crippen LogP contribution is 2.37. The van der Waals surface area contributed by atoms with Gasteiger partial charge in [0.2, 0.25) is 6.79 Å². The van der Waals surface area contributed by atoms with Crippen LogP contribution in [0, 0.1) is 0 Å². The molecular weight excluding hydrogens is 288 g/mol. The maximum absolute atomic E-state index is 12.6. The van der Waals surface area contributed by atoms with Crippen molar-refractivity contribution in [3.63, 3.8) is 0 Å². The zero-order valence-electron chi connectivity index (χ0n) is 12.5. The molecule has 0 spiro atoms. The van der Waals surface area contributed by atoms with Gasteiger partial charge in [-0.25, -0.2) is 4.79 Å². The molecule has 1 saturated heterocycles. The number of urea groups is 1. The van der Waals surface area contributed by atoms with E-state index >= 15 is 0 Å². The summed E-state index contributed by atoms with van der Waals surface area (Å²) in [5.74, 6) is 0.918. The van der Waals surface area contributed by atoms with Crippen molar-refractivity contribution >= 4 is 11.9 Å². The van der Waals surface area contributed by atoms with Gasteiger partial charge >= 0.3 is 6.03 Å². The maximum atomic E-state index is 12.6. The van der Waals surface area contributed by atoms with Crippen LogP contribution in [0.25, 0.3) is 0 Å². The van der Waals surface area contributed by atoms with Crippen molar-refractivity contribution in [3.05, 3.63) is 23.8 Å². The number of nitrogens with one attached hydrogen (secondary N) is 1. The molecule has 1 atom stereocenters. The van der Waals surface area contributed by atoms with E-state index in [9.17, 15) is 9.59 Å². The average molecular weight is 306 g/mol. The topological polar surface area (TPSA) is 77.1 Å². The van der Waals surface area contributed by atoms with E-state index in [1.54, 1.807) is 25.1 Å². The molecule has 1 aromatic rings. The fourth-order valence-electron chi connectivity index (χ4n) is 2.60. The summed E-state index contributed by atoms with van der Waals surface area (Å²) in [7, 11) is 0. The van der Waals surface area contributed by atoms with Gasteiger partial charge in [-0.3, -0.25) is 9.69 Å². The Hall–Kier alpha value is -2.28. The number of hydrogen-bond donors (Lipinski definition) is 1. The van der Waals surface area contributed by atoms with Crippen molar-refractivity contribution in [2.75, 3.05) is 26.6 Å². The van der Waals surface area contributed by atoms with Gasteiger partial charge in [0.1, 0.15) is 5.54 Å². The van der Waals surface area contributed by atoms with Crippen LogP contribution >= 0.6 is 0 Å². The van der Waals surface area contributed by atoms with Crippen molar-refractivity contribution in [3.8, 4) is 11.5 Å². The molecule has 0 aromatic heterocycles. The Kier molecular flexibility index (Phi) is 3.66. The molecule has 2 aliphatic rings. The van der Waals surface area contributed by atoms with Crippen LogP contribution in [0.4, 0.5) is 4.79 Å². The molecule has 7 heteroatoms. The third-order valence-electron chi connectivity index (χ3n) is 3.89. The molecule has 0 radical (unpaired) electrons. The molecule has 22 heavy (non-hydrogen) atoms. The van der Waals surface area contributed by atoms with Gasteiger partial charge in [-0.05, 0) is 31.5 Å². The quantitative estimate of drug-likeness (QED) is 0.654. The summed E-state index contributed by atoms with van der Waals surface area (Å²) >= 11 is 0. The van der Waals surface area contributed by atoms with Gasteiger partial charge in [-0.15, -0.1) is 0 Å². The first-order chi connectivity index (χ1) is 10.6. The molecule has 118 valence electrons. The molecule has 0 aliphatic carbocycles. The Labute approximate surface area is 128 Å². The number of ether oxygens (including phenoxy) is 3. The second-order valence-electron chi connectivity index (χ2n) is 5.28. The van der Waals surface area contributed by atoms with Crippen LogP contribution < -0.4 is 14.8 Å². The van der Waals surface area contributed by atoms with Crippen LogP contribution in [0.15, 0.2) is 18.2 Å². The minimum Gasteiger partial charge on any atom is -0.454 e. The van der Waals surface area contributed by atoms with Crippen LogP contribution in [0.3, 0.4) is 0 Å². The van der Waals surface area contributed by atoms with E-state index in [4.69, 9.17) is 14.2 Å². The number of carbonyl (C=O) groups excluding carboxylic acids is 2. The highest BCUT2D eigenvalue weighted by molar-refractivity contribution is 6.07. The summed E-state index contributed by atoms with van der Waals surface area (Å²) < 4.78 is 15.8. The largest absolute Gasteiger partial charge is 0.454 e. The first-order valence-corrected chi connectivity index (χ1v) is 7.18. The summed E-state index contributed by atoms with van der Waals surface area (Å²) in [6, 6.07) is 4.82. The first kappa shape index (κ1) is 14.6. The normalized spacial score (nSPS) is 23.1. The van der Waals surface area contributed by atoms with E-state index in [1.807, 2.05) is 6.92 Å². The fourth-order valence-corrected chi connectivity index (χ4v) is 2.60. The fraction of sp³-hybridized carbons (Fsp3) is 0.467. The van der Waals surface area contributed by atoms with E-state index in [-0.39, 0.29) is 19.2 Å². The summed E-state index contributed by atoms with van der Waals surface area (Å²) in [6.45, 7) is 4.82. The smallest absolute Gasteiger partial charge is 0.325 e. The van der Waals surface area contributed by atoms with E-state index in [1.165, 1.54) is 4.90 Å². The average Bonchev–Trinajstić information content (AvgIpc) is 3.05. The predicted octanol–water partition coefficient (Wildman–Crippen LogP) is 1.22. The van der Waals surface area contributed by atoms with Crippen molar-refractivity contribution in [1.82, 2.24) is 10.2 Å². The van der Waals surface area contributed by atoms with Crippen LogP contribution in [-0.4, -0.2) is 43.4 Å². The Morgan fingerprint density at radius 3 is 2.86 bits per heavy atom. The van der Waals surface area contributed by atoms with Crippen LogP contribution in [0.5, 0.6) is 11.5 Å². The number of fused-ring (bicyclic) bond motifs is 1. The molecule has 1 aromatic carbocycles. The molecule has 2 aliphatic heterocycles. The number of nitrogens with zero attached hydrogens (tertiary/aromatic N) is 1. The third kappa shape index (κ3) is 2.27. The lowest BCUT2D eigenvalue weighted by Crippen LogP contribution is -2.41. The molecule has 1 N–H and O–H groups in total. The first-order valence-electron chi connectivity index (χ1n) is 7.18. The van der Waals surface area contributed by atoms with Gasteiger partial charge in [-0.1, -0.05) is 6.07 Å². The summed E-state index contributed by atoms with van der Waals surface area (Å²) in [5.41, 5.74) is -0.446. The highest BCUT2D eigenvalue weighted by Gasteiger charge is 2.49. The maximum Gasteiger partial charge on any atom is 0.325 e. The van der Waals surface area contributed by atoms with Gasteiger partial charge in [-0.2, -0.15) is 0 Å². The minimum absolute atomic E-state index is 0.163. The Morgan fingerprint density at radius 2 is 2.09 bits per heavy atom. The number of amides is 3. The minimum atomic E-state index is -1.11. The molecule has 2 heterocycles. The van der Waals surface area contributed by atoms with Gasteiger partial charge in [0.25, 0.3) is 5.91 Å². The van der Waals surface area contributed by atoms with Crippen molar-refractivity contribution < 1.29 is 23.8 Å². The number of carbonyl (C=O) groups is 2. The monoisotopic (exact) mass is 306 g/mol. The zero-order chi connectivity index (χ0) is 15.7. The van der Waals surface area contributed by atoms with Crippen LogP contribution in [0.1, 0.15) is 19.4 Å². The lowest BCUT2D eigenvalue weighted by atomic mass is 9.91. The summed E-state index contributed by atoms with van der Waals surface area (Å²) in [4.78, 5) is 25.9. The van der Waals surface area contributed by atoms with Crippen molar-refractivity contribution in [1.29, 1.82) is 0 Å². The van der Waals surface area contributed by atoms with Crippen LogP contribution in [0.2, 0.25) is 0 Å². The molecule has 7 nitrogen and oxygen atoms in total. The number of imide groups is 1. The number of benzene rings is 1. The van der Waals surface area contributed by atoms with Crippen molar-refractivity contribution in [2.24, 2.45) is 0 Å². The Balaban J connectivity index is 1.83. The molecule has 0 unspecified atom stereocenters. The molecule has 1 fully saturated rings. The van der Waals surface area contributed by atoms with E-state index in [0.717, 1.165) is 0 Å². The molecule has 0 bridgehead atoms. The standard InChI is InChI=1S/C15H18N2O5/c1-3-20-7-6-17-13(18)15(2,16-14(17)19)10-4-5-11-12(8-10)22-9-21-11/h4-5,8H,3,6-7,9H2,1-2H3,(H,16,19)/t15-/m1/s1. The zero-order valence-corrected chi connectivity index (χ0v) is 12.5. The lowest BCUT2D eigenvalue weighted by molar-refractivity contribution is -0.131. The SMILES string of the molecule is CCOCCN1C(=O)N[C@](C)(c2ccc3c(c2)OCO3)C1=O. The van der Waals surface area contributed by atoms with Gasteiger partial charge in [0.05, 0.1) is 13.2 Å². The van der Waals surface area contributed by atoms with Crippen molar-refractivity contribution in [2.45, 2.75) is 19.4 Å². The summed E-state index contributed by atoms with van der Waals surface area (Å²) in [5, 5.41) is 2.75. The van der Waals surface area contributed by atoms with Crippen LogP contribution in [-0.2, 0) is 15.1 Å². The van der Waals surface area contributed by atoms with E-state index < -0.39 is 11.6 Å². The molecular formula is C15H18N2O5. The predicted molar refractivity (Wildman–Crippen MR) is 76.7 cm³/mol. The second kappa shape index (κ2) is 5.49. The number of rotatable bonds is 5.